The Balaban J connectivity index is 4.84. The van der Waals surface area contributed by atoms with Crippen molar-refractivity contribution in [1.29, 1.82) is 0 Å². The van der Waals surface area contributed by atoms with Crippen molar-refractivity contribution in [2.24, 2.45) is 0 Å². The number of aliphatic hydroxyl groups is 1. The Morgan fingerprint density at radius 2 is 1.50 bits per heavy atom. The van der Waals surface area contributed by atoms with E-state index in [1.807, 2.05) is 6.92 Å². The second-order valence-electron chi connectivity index (χ2n) is 6.76. The molecule has 2 nitrogen and oxygen atoms in total. The van der Waals surface area contributed by atoms with Gasteiger partial charge in [0.1, 0.15) is 0 Å². The van der Waals surface area contributed by atoms with Gasteiger partial charge in [0, 0.05) is 5.54 Å². The van der Waals surface area contributed by atoms with Gasteiger partial charge >= 0.3 is 0 Å². The van der Waals surface area contributed by atoms with Crippen LogP contribution >= 0.6 is 11.6 Å². The highest BCUT2D eigenvalue weighted by Crippen LogP contribution is 2.42. The smallest absolute Gasteiger partial charge is 0.200 e. The van der Waals surface area contributed by atoms with Gasteiger partial charge in [0.25, 0.3) is 0 Å². The van der Waals surface area contributed by atoms with Crippen LogP contribution in [0.4, 0.5) is 0 Å². The van der Waals surface area contributed by atoms with Gasteiger partial charge < -0.3 is 9.53 Å². The van der Waals surface area contributed by atoms with Crippen molar-refractivity contribution in [3.63, 3.8) is 0 Å². The van der Waals surface area contributed by atoms with Crippen LogP contribution in [0.3, 0.4) is 0 Å². The van der Waals surface area contributed by atoms with E-state index < -0.39 is 8.32 Å². The van der Waals surface area contributed by atoms with Gasteiger partial charge in [-0.1, -0.05) is 53.1 Å². The Morgan fingerprint density at radius 3 is 1.80 bits per heavy atom. The van der Waals surface area contributed by atoms with E-state index in [9.17, 15) is 5.11 Å². The lowest BCUT2D eigenvalue weighted by atomic mass is 10.1. The van der Waals surface area contributed by atoms with Gasteiger partial charge in [0.05, 0.1) is 12.7 Å². The lowest BCUT2D eigenvalue weighted by molar-refractivity contribution is 0.183. The topological polar surface area (TPSA) is 29.5 Å². The third-order valence-electron chi connectivity index (χ3n) is 4.25. The summed E-state index contributed by atoms with van der Waals surface area (Å²) in [5.74, 6) is 0. The van der Waals surface area contributed by atoms with Crippen LogP contribution in [0.2, 0.25) is 16.6 Å². The molecule has 4 heteroatoms. The Bertz CT molecular complexity index is 277. The van der Waals surface area contributed by atoms with Crippen molar-refractivity contribution in [2.75, 3.05) is 6.61 Å². The van der Waals surface area contributed by atoms with Crippen LogP contribution in [0, 0.1) is 0 Å². The van der Waals surface area contributed by atoms with Crippen molar-refractivity contribution in [3.05, 3.63) is 11.1 Å². The molecular formula is C16H33ClO2Si. The van der Waals surface area contributed by atoms with Gasteiger partial charge in [-0.05, 0) is 42.0 Å². The normalized spacial score (nSPS) is 15.5. The molecule has 0 saturated carbocycles. The molecule has 0 spiro atoms. The van der Waals surface area contributed by atoms with E-state index in [2.05, 4.69) is 41.5 Å². The molecule has 120 valence electrons. The average Bonchev–Trinajstić information content (AvgIpc) is 2.31. The lowest BCUT2D eigenvalue weighted by Crippen LogP contribution is -2.48. The van der Waals surface area contributed by atoms with Crippen molar-refractivity contribution in [1.82, 2.24) is 0 Å². The summed E-state index contributed by atoms with van der Waals surface area (Å²) < 4.78 is 6.50. The lowest BCUT2D eigenvalue weighted by Gasteiger charge is -2.42. The minimum Gasteiger partial charge on any atom is -0.412 e. The molecule has 0 aliphatic rings. The van der Waals surface area contributed by atoms with Crippen molar-refractivity contribution in [2.45, 2.75) is 84.0 Å². The van der Waals surface area contributed by atoms with Crippen molar-refractivity contribution in [3.8, 4) is 0 Å². The number of aliphatic hydroxyl groups excluding tert-OH is 1. The fourth-order valence-electron chi connectivity index (χ4n) is 3.27. The van der Waals surface area contributed by atoms with Crippen molar-refractivity contribution >= 4 is 19.9 Å². The van der Waals surface area contributed by atoms with Gasteiger partial charge in [-0.25, -0.2) is 0 Å². The second-order valence-corrected chi connectivity index (χ2v) is 12.4. The Kier molecular flexibility index (Phi) is 9.32. The third kappa shape index (κ3) is 5.51. The van der Waals surface area contributed by atoms with E-state index in [4.69, 9.17) is 16.0 Å². The molecule has 0 bridgehead atoms. The first-order valence-corrected chi connectivity index (χ1v) is 10.4. The van der Waals surface area contributed by atoms with Crippen LogP contribution in [0.15, 0.2) is 11.1 Å². The molecule has 1 N–H and O–H groups in total. The highest BCUT2D eigenvalue weighted by Gasteiger charge is 2.44. The zero-order valence-electron chi connectivity index (χ0n) is 14.2. The molecule has 0 amide bonds. The summed E-state index contributed by atoms with van der Waals surface area (Å²) in [5, 5.41) is 9.39. The first kappa shape index (κ1) is 20.2. The zero-order chi connectivity index (χ0) is 15.9. The summed E-state index contributed by atoms with van der Waals surface area (Å²) >= 11 is 5.91. The van der Waals surface area contributed by atoms with Gasteiger partial charge in [-0.3, -0.25) is 0 Å². The fraction of sp³-hybridized carbons (Fsp3) is 0.875. The molecule has 0 radical (unpaired) electrons. The molecule has 0 aromatic heterocycles. The highest BCUT2D eigenvalue weighted by atomic mass is 35.5. The molecule has 0 rings (SSSR count). The number of halogens is 1. The van der Waals surface area contributed by atoms with Gasteiger partial charge in [-0.15, -0.1) is 0 Å². The predicted octanol–water partition coefficient (Wildman–Crippen LogP) is 5.46. The Hall–Kier alpha value is 0.167. The maximum absolute atomic E-state index is 9.39. The SMILES string of the molecule is CC(O)CC/C(=C/Cl)CO[Si](C(C)C)(C(C)C)C(C)C. The number of rotatable bonds is 9. The fourth-order valence-corrected chi connectivity index (χ4v) is 8.88. The van der Waals surface area contributed by atoms with Crippen LogP contribution in [0.1, 0.15) is 61.3 Å². The van der Waals surface area contributed by atoms with Crippen LogP contribution in [-0.2, 0) is 4.43 Å². The molecule has 0 aliphatic heterocycles. The number of hydrogen-bond donors (Lipinski definition) is 1. The van der Waals surface area contributed by atoms with Crippen molar-refractivity contribution < 1.29 is 9.53 Å². The average molecular weight is 321 g/mol. The molecular weight excluding hydrogens is 288 g/mol. The molecule has 0 saturated heterocycles. The van der Waals surface area contributed by atoms with E-state index in [0.29, 0.717) is 23.2 Å². The van der Waals surface area contributed by atoms with E-state index in [1.165, 1.54) is 0 Å². The van der Waals surface area contributed by atoms with E-state index in [-0.39, 0.29) is 6.10 Å². The number of hydrogen-bond acceptors (Lipinski definition) is 2. The molecule has 0 aliphatic carbocycles. The van der Waals surface area contributed by atoms with Gasteiger partial charge in [-0.2, -0.15) is 0 Å². The minimum absolute atomic E-state index is 0.288. The van der Waals surface area contributed by atoms with E-state index in [1.54, 1.807) is 5.54 Å². The van der Waals surface area contributed by atoms with E-state index in [0.717, 1.165) is 18.4 Å². The molecule has 1 atom stereocenters. The molecule has 0 heterocycles. The maximum Gasteiger partial charge on any atom is 0.200 e. The molecule has 0 fully saturated rings. The largest absolute Gasteiger partial charge is 0.412 e. The zero-order valence-corrected chi connectivity index (χ0v) is 16.0. The molecule has 0 aromatic rings. The molecule has 0 aromatic carbocycles. The highest BCUT2D eigenvalue weighted by molar-refractivity contribution is 6.77. The first-order chi connectivity index (χ1) is 9.18. The summed E-state index contributed by atoms with van der Waals surface area (Å²) in [6, 6.07) is 0. The standard InChI is InChI=1S/C16H33ClO2Si/c1-12(2)20(13(3)4,14(5)6)19-11-16(10-17)9-8-15(7)18/h10,12-15,18H,8-9,11H2,1-7H3/b16-10-. The summed E-state index contributed by atoms with van der Waals surface area (Å²) in [4.78, 5) is 0. The summed E-state index contributed by atoms with van der Waals surface area (Å²) in [5.41, 5.74) is 4.46. The Labute approximate surface area is 131 Å². The van der Waals surface area contributed by atoms with Crippen LogP contribution in [0.25, 0.3) is 0 Å². The first-order valence-electron chi connectivity index (χ1n) is 7.78. The summed E-state index contributed by atoms with van der Waals surface area (Å²) in [6.45, 7) is 16.1. The summed E-state index contributed by atoms with van der Waals surface area (Å²) in [7, 11) is -1.82. The third-order valence-corrected chi connectivity index (χ3v) is 10.6. The van der Waals surface area contributed by atoms with Gasteiger partial charge in [0.2, 0.25) is 8.32 Å². The van der Waals surface area contributed by atoms with Crippen LogP contribution in [0.5, 0.6) is 0 Å². The quantitative estimate of drug-likeness (QED) is 0.571. The van der Waals surface area contributed by atoms with E-state index >= 15 is 0 Å². The van der Waals surface area contributed by atoms with Crippen LogP contribution < -0.4 is 0 Å². The molecule has 20 heavy (non-hydrogen) atoms. The predicted molar refractivity (Wildman–Crippen MR) is 91.9 cm³/mol. The molecule has 1 unspecified atom stereocenters. The van der Waals surface area contributed by atoms with Crippen LogP contribution in [-0.4, -0.2) is 26.1 Å². The Morgan fingerprint density at radius 1 is 1.05 bits per heavy atom. The minimum atomic E-state index is -1.82. The second kappa shape index (κ2) is 9.24. The van der Waals surface area contributed by atoms with Gasteiger partial charge in [0.15, 0.2) is 0 Å². The summed E-state index contributed by atoms with van der Waals surface area (Å²) in [6.07, 6.45) is 1.26. The maximum atomic E-state index is 9.39. The monoisotopic (exact) mass is 320 g/mol.